The largest absolute Gasteiger partial charge is 0.484 e. The van der Waals surface area contributed by atoms with E-state index in [9.17, 15) is 28.0 Å². The smallest absolute Gasteiger partial charge is 0.308 e. The summed E-state index contributed by atoms with van der Waals surface area (Å²) < 4.78 is 46.3. The van der Waals surface area contributed by atoms with E-state index in [1.165, 1.54) is 25.1 Å². The van der Waals surface area contributed by atoms with Gasteiger partial charge in [0, 0.05) is 63.7 Å². The van der Waals surface area contributed by atoms with Crippen LogP contribution in [0.3, 0.4) is 0 Å². The number of aliphatic imine (C=N–C) groups is 1. The summed E-state index contributed by atoms with van der Waals surface area (Å²) in [6, 6.07) is 2.79. The summed E-state index contributed by atoms with van der Waals surface area (Å²) >= 11 is 0. The van der Waals surface area contributed by atoms with Crippen molar-refractivity contribution in [3.63, 3.8) is 0 Å². The van der Waals surface area contributed by atoms with Crippen molar-refractivity contribution in [2.45, 2.75) is 130 Å². The molecule has 296 valence electrons. The Morgan fingerprint density at radius 2 is 1.75 bits per heavy atom. The molecule has 0 saturated carbocycles. The van der Waals surface area contributed by atoms with Gasteiger partial charge in [-0.1, -0.05) is 72.3 Å². The lowest BCUT2D eigenvalue weighted by atomic mass is 9.66. The van der Waals surface area contributed by atoms with Crippen molar-refractivity contribution in [1.82, 2.24) is 14.8 Å². The Labute approximate surface area is 314 Å². The van der Waals surface area contributed by atoms with Crippen LogP contribution in [0.1, 0.15) is 140 Å². The maximum absolute atomic E-state index is 14.4. The summed E-state index contributed by atoms with van der Waals surface area (Å²) in [5.41, 5.74) is -2.81. The van der Waals surface area contributed by atoms with Crippen molar-refractivity contribution in [1.29, 1.82) is 0 Å². The second-order valence-corrected chi connectivity index (χ2v) is 14.1. The maximum atomic E-state index is 14.4. The number of unbranched alkanes of at least 4 members (excludes halogenated alkanes) is 6. The van der Waals surface area contributed by atoms with Crippen LogP contribution in [-0.2, 0) is 26.4 Å². The molecule has 2 aliphatic rings. The lowest BCUT2D eigenvalue weighted by molar-refractivity contribution is -0.150. The summed E-state index contributed by atoms with van der Waals surface area (Å²) in [4.78, 5) is 60.6. The van der Waals surface area contributed by atoms with E-state index in [0.29, 0.717) is 37.6 Å². The number of aromatic nitrogens is 1. The zero-order valence-electron chi connectivity index (χ0n) is 32.7. The molecular formula is C40H60F2N4O7. The summed E-state index contributed by atoms with van der Waals surface area (Å²) in [5.74, 6) is -3.35. The van der Waals surface area contributed by atoms with Gasteiger partial charge in [-0.05, 0) is 39.2 Å². The van der Waals surface area contributed by atoms with Gasteiger partial charge in [-0.25, -0.2) is 8.78 Å². The number of nitrogens with one attached hydrogen (secondary N) is 1. The molecule has 1 aromatic carbocycles. The Kier molecular flexibility index (Phi) is 16.0. The van der Waals surface area contributed by atoms with Gasteiger partial charge in [0.25, 0.3) is 11.8 Å². The summed E-state index contributed by atoms with van der Waals surface area (Å²) in [5, 5.41) is 2.55. The molecule has 53 heavy (non-hydrogen) atoms. The molecule has 3 heterocycles. The third-order valence-corrected chi connectivity index (χ3v) is 10.7. The molecule has 0 radical (unpaired) electrons. The number of esters is 1. The number of pyridine rings is 1. The molecule has 1 aromatic heterocycles. The third kappa shape index (κ3) is 10.0. The predicted octanol–water partition coefficient (Wildman–Crippen LogP) is 7.77. The number of hydrogen-bond acceptors (Lipinski definition) is 8. The second-order valence-electron chi connectivity index (χ2n) is 14.1. The highest BCUT2D eigenvalue weighted by molar-refractivity contribution is 5.99. The normalized spacial score (nSPS) is 20.8. The molecule has 4 rings (SSSR count). The monoisotopic (exact) mass is 746 g/mol. The van der Waals surface area contributed by atoms with Crippen molar-refractivity contribution in [3.8, 4) is 5.75 Å². The van der Waals surface area contributed by atoms with E-state index in [0.717, 1.165) is 31.7 Å². The van der Waals surface area contributed by atoms with Crippen molar-refractivity contribution in [2.75, 3.05) is 27.5 Å². The van der Waals surface area contributed by atoms with E-state index >= 15 is 0 Å². The van der Waals surface area contributed by atoms with E-state index in [1.807, 2.05) is 27.7 Å². The van der Waals surface area contributed by atoms with Gasteiger partial charge >= 0.3 is 5.97 Å². The highest BCUT2D eigenvalue weighted by atomic mass is 19.1. The number of rotatable bonds is 16. The standard InChI is InChI=1S/C38H52F2N4O7.C2H6.H2/c1-7-8-9-10-11-12-13-14-31(45)50-24-51-34-32-36(48)43-23-38(4,37(3,18-17-25(43)2)20-30(41-5)49-6)44(32)22-28(33(34)46)35(47)42-21-26-15-16-27(39)19-29(26)40;1-2;/h15-16,19,22,25H,7-14,17-18,20-21,23-24H2,1-6H3,(H,42,47);1-2H3;1H/t25-,37+,38+;;/m0../s1. The molecule has 1 saturated heterocycles. The zero-order valence-corrected chi connectivity index (χ0v) is 32.7. The Hall–Kier alpha value is -4.29. The Balaban J connectivity index is 0.00000330. The minimum Gasteiger partial charge on any atom is -0.484 e. The highest BCUT2D eigenvalue weighted by Crippen LogP contribution is 2.51. The van der Waals surface area contributed by atoms with Crippen LogP contribution >= 0.6 is 0 Å². The van der Waals surface area contributed by atoms with Gasteiger partial charge in [0.1, 0.15) is 17.2 Å². The zero-order chi connectivity index (χ0) is 39.3. The molecule has 2 amide bonds. The first-order chi connectivity index (χ1) is 25.3. The van der Waals surface area contributed by atoms with E-state index < -0.39 is 58.3 Å². The van der Waals surface area contributed by atoms with Gasteiger partial charge in [0.2, 0.25) is 18.0 Å². The molecule has 1 fully saturated rings. The number of hydrogen-bond donors (Lipinski definition) is 1. The molecule has 11 nitrogen and oxygen atoms in total. The summed E-state index contributed by atoms with van der Waals surface area (Å²) in [6.45, 7) is 11.4. The van der Waals surface area contributed by atoms with Gasteiger partial charge in [-0.2, -0.15) is 0 Å². The van der Waals surface area contributed by atoms with Gasteiger partial charge in [0.05, 0.1) is 12.6 Å². The van der Waals surface area contributed by atoms with E-state index in [4.69, 9.17) is 14.2 Å². The van der Waals surface area contributed by atoms with Gasteiger partial charge in [-0.15, -0.1) is 0 Å². The molecule has 1 N–H and O–H groups in total. The number of carbonyl (C=O) groups excluding carboxylic acids is 3. The van der Waals surface area contributed by atoms with Crippen LogP contribution in [0.5, 0.6) is 5.75 Å². The fraction of sp³-hybridized carbons (Fsp3) is 0.625. The number of nitrogens with zero attached hydrogens (tertiary/aromatic N) is 3. The van der Waals surface area contributed by atoms with Crippen LogP contribution in [0, 0.1) is 17.0 Å². The quantitative estimate of drug-likeness (QED) is 0.0611. The van der Waals surface area contributed by atoms with Crippen molar-refractivity contribution >= 4 is 23.7 Å². The van der Waals surface area contributed by atoms with Gasteiger partial charge in [0.15, 0.2) is 11.6 Å². The number of fused-ring (bicyclic) bond motifs is 4. The van der Waals surface area contributed by atoms with Gasteiger partial charge in [-0.3, -0.25) is 24.2 Å². The predicted molar refractivity (Wildman–Crippen MR) is 202 cm³/mol. The van der Waals surface area contributed by atoms with E-state index in [-0.39, 0.29) is 43.8 Å². The number of carbonyl (C=O) groups is 3. The number of amides is 2. The minimum atomic E-state index is -0.910. The topological polar surface area (TPSA) is 129 Å². The van der Waals surface area contributed by atoms with Crippen LogP contribution in [0.4, 0.5) is 8.78 Å². The average Bonchev–Trinajstić information content (AvgIpc) is 3.22. The maximum Gasteiger partial charge on any atom is 0.308 e. The molecule has 0 unspecified atom stereocenters. The van der Waals surface area contributed by atoms with E-state index in [1.54, 1.807) is 23.6 Å². The summed E-state index contributed by atoms with van der Waals surface area (Å²) in [6.07, 6.45) is 10.4. The Morgan fingerprint density at radius 1 is 1.08 bits per heavy atom. The molecule has 0 aliphatic carbocycles. The first kappa shape index (κ1) is 43.1. The van der Waals surface area contributed by atoms with Crippen LogP contribution in [0.2, 0.25) is 0 Å². The number of ether oxygens (including phenoxy) is 3. The third-order valence-electron chi connectivity index (χ3n) is 10.7. The van der Waals surface area contributed by atoms with Crippen LogP contribution in [-0.4, -0.2) is 66.7 Å². The lowest BCUT2D eigenvalue weighted by Gasteiger charge is -2.52. The molecule has 2 bridgehead atoms. The minimum absolute atomic E-state index is 0. The Morgan fingerprint density at radius 3 is 2.40 bits per heavy atom. The number of methoxy groups -OCH3 is 1. The fourth-order valence-corrected chi connectivity index (χ4v) is 7.13. The molecule has 0 spiro atoms. The lowest BCUT2D eigenvalue weighted by Crippen LogP contribution is -2.60. The average molecular weight is 747 g/mol. The van der Waals surface area contributed by atoms with Crippen molar-refractivity contribution in [2.24, 2.45) is 10.4 Å². The fourth-order valence-electron chi connectivity index (χ4n) is 7.13. The summed E-state index contributed by atoms with van der Waals surface area (Å²) in [7, 11) is 3.18. The first-order valence-electron chi connectivity index (χ1n) is 18.9. The molecule has 2 aliphatic heterocycles. The SMILES string of the molecule is CC.CCCCCCCCCC(=O)OCOc1c2n(cc(C(=O)NCc3ccc(F)cc3F)c1=O)[C@]1(C)CN(C2=O)[C@@H](C)CC[C@]1(C)CC(=NC)OC.[HH]. The molecular weight excluding hydrogens is 686 g/mol. The number of benzene rings is 1. The molecule has 3 atom stereocenters. The Bertz CT molecular complexity index is 1690. The van der Waals surface area contributed by atoms with Crippen molar-refractivity contribution < 1.29 is 38.8 Å². The van der Waals surface area contributed by atoms with E-state index in [2.05, 4.69) is 24.2 Å². The van der Waals surface area contributed by atoms with Crippen LogP contribution in [0.25, 0.3) is 0 Å². The highest BCUT2D eigenvalue weighted by Gasteiger charge is 2.55. The van der Waals surface area contributed by atoms with Crippen molar-refractivity contribution in [3.05, 3.63) is 63.1 Å². The van der Waals surface area contributed by atoms with Gasteiger partial charge < -0.3 is 29.0 Å². The second kappa shape index (κ2) is 19.7. The molecule has 2 aromatic rings. The van der Waals surface area contributed by atoms with Crippen LogP contribution < -0.4 is 15.5 Å². The van der Waals surface area contributed by atoms with Crippen LogP contribution in [0.15, 0.2) is 34.2 Å². The molecule has 13 heteroatoms. The number of halogens is 2. The first-order valence-corrected chi connectivity index (χ1v) is 18.9.